The number of nitrogens with one attached hydrogen (secondary N) is 3. The average Bonchev–Trinajstić information content (AvgIpc) is 3.21. The zero-order chi connectivity index (χ0) is 21.3. The lowest BCUT2D eigenvalue weighted by Gasteiger charge is -2.21. The highest BCUT2D eigenvalue weighted by molar-refractivity contribution is 5.88. The van der Waals surface area contributed by atoms with E-state index in [1.165, 1.54) is 12.5 Å². The van der Waals surface area contributed by atoms with Gasteiger partial charge >= 0.3 is 0 Å². The highest BCUT2D eigenvalue weighted by atomic mass is 16.1. The molecular weight excluding hydrogens is 376 g/mol. The number of amides is 1. The van der Waals surface area contributed by atoms with Crippen LogP contribution in [0, 0.1) is 0 Å². The molecule has 3 aromatic rings. The Morgan fingerprint density at radius 3 is 2.53 bits per heavy atom. The maximum atomic E-state index is 11.1. The van der Waals surface area contributed by atoms with Gasteiger partial charge in [0.05, 0.1) is 18.4 Å². The van der Waals surface area contributed by atoms with Crippen molar-refractivity contribution in [3.63, 3.8) is 0 Å². The molecule has 7 heteroatoms. The largest absolute Gasteiger partial charge is 0.356 e. The molecule has 30 heavy (non-hydrogen) atoms. The quantitative estimate of drug-likeness (QED) is 0.417. The van der Waals surface area contributed by atoms with E-state index < -0.39 is 0 Å². The summed E-state index contributed by atoms with van der Waals surface area (Å²) in [7, 11) is 3.76. The van der Waals surface area contributed by atoms with Crippen molar-refractivity contribution >= 4 is 17.6 Å². The Morgan fingerprint density at radius 2 is 1.87 bits per heavy atom. The number of anilines is 1. The predicted molar refractivity (Wildman–Crippen MR) is 121 cm³/mol. The number of aromatic nitrogens is 2. The number of benzene rings is 2. The molecule has 0 saturated carbocycles. The molecule has 0 aliphatic carbocycles. The number of hydrogen-bond donors (Lipinski definition) is 3. The van der Waals surface area contributed by atoms with Gasteiger partial charge in [-0.1, -0.05) is 42.5 Å². The standard InChI is InChI=1S/C23H28N6O/c1-17(30)27-20-11-9-18(10-12-20)13-14-25-23(24-2)29(3)16-22-26-15-21(28-22)19-7-5-4-6-8-19/h4-12,15H,13-14,16H2,1-3H3,(H,24,25)(H,26,28)(H,27,30). The van der Waals surface area contributed by atoms with Crippen LogP contribution in [-0.4, -0.2) is 47.4 Å². The first-order valence-electron chi connectivity index (χ1n) is 9.93. The summed E-state index contributed by atoms with van der Waals surface area (Å²) in [6, 6.07) is 18.0. The molecule has 156 valence electrons. The van der Waals surface area contributed by atoms with Gasteiger partial charge in [-0.3, -0.25) is 9.79 Å². The summed E-state index contributed by atoms with van der Waals surface area (Å²) in [5.74, 6) is 1.62. The number of nitrogens with zero attached hydrogens (tertiary/aromatic N) is 3. The number of carbonyl (C=O) groups is 1. The minimum absolute atomic E-state index is 0.0660. The molecule has 2 aromatic carbocycles. The van der Waals surface area contributed by atoms with Crippen LogP contribution in [0.5, 0.6) is 0 Å². The molecule has 0 bridgehead atoms. The first-order chi connectivity index (χ1) is 14.5. The van der Waals surface area contributed by atoms with Crippen molar-refractivity contribution in [3.05, 3.63) is 72.2 Å². The van der Waals surface area contributed by atoms with Crippen molar-refractivity contribution in [2.24, 2.45) is 4.99 Å². The molecule has 0 atom stereocenters. The van der Waals surface area contributed by atoms with Gasteiger partial charge in [-0.05, 0) is 29.7 Å². The van der Waals surface area contributed by atoms with Crippen LogP contribution in [0.25, 0.3) is 11.3 Å². The van der Waals surface area contributed by atoms with Gasteiger partial charge in [0.25, 0.3) is 0 Å². The molecule has 1 amide bonds. The van der Waals surface area contributed by atoms with Gasteiger partial charge in [0.15, 0.2) is 5.96 Å². The lowest BCUT2D eigenvalue weighted by molar-refractivity contribution is -0.114. The Balaban J connectivity index is 1.50. The van der Waals surface area contributed by atoms with Crippen LogP contribution < -0.4 is 10.6 Å². The third-order valence-corrected chi connectivity index (χ3v) is 4.64. The second kappa shape index (κ2) is 10.2. The monoisotopic (exact) mass is 404 g/mol. The normalized spacial score (nSPS) is 11.2. The number of aromatic amines is 1. The summed E-state index contributed by atoms with van der Waals surface area (Å²) >= 11 is 0. The Bertz CT molecular complexity index is 978. The molecule has 0 saturated heterocycles. The van der Waals surface area contributed by atoms with Crippen LogP contribution in [0.4, 0.5) is 5.69 Å². The number of rotatable bonds is 7. The Morgan fingerprint density at radius 1 is 1.13 bits per heavy atom. The van der Waals surface area contributed by atoms with E-state index in [1.54, 1.807) is 7.05 Å². The summed E-state index contributed by atoms with van der Waals surface area (Å²) in [5.41, 5.74) is 4.12. The lowest BCUT2D eigenvalue weighted by atomic mass is 10.1. The van der Waals surface area contributed by atoms with Gasteiger partial charge in [-0.2, -0.15) is 0 Å². The van der Waals surface area contributed by atoms with Crippen LogP contribution in [0.2, 0.25) is 0 Å². The molecule has 0 radical (unpaired) electrons. The molecule has 0 unspecified atom stereocenters. The minimum Gasteiger partial charge on any atom is -0.356 e. The number of hydrogen-bond acceptors (Lipinski definition) is 3. The fourth-order valence-electron chi connectivity index (χ4n) is 3.17. The van der Waals surface area contributed by atoms with Crippen LogP contribution in [0.3, 0.4) is 0 Å². The Hall–Kier alpha value is -3.61. The lowest BCUT2D eigenvalue weighted by Crippen LogP contribution is -2.39. The number of H-pyrrole nitrogens is 1. The first kappa shape index (κ1) is 21.1. The van der Waals surface area contributed by atoms with Crippen molar-refractivity contribution in [2.75, 3.05) is 26.0 Å². The van der Waals surface area contributed by atoms with E-state index in [-0.39, 0.29) is 5.91 Å². The van der Waals surface area contributed by atoms with Crippen LogP contribution >= 0.6 is 0 Å². The highest BCUT2D eigenvalue weighted by Gasteiger charge is 2.10. The van der Waals surface area contributed by atoms with Crippen molar-refractivity contribution in [1.29, 1.82) is 0 Å². The molecule has 0 aliphatic rings. The summed E-state index contributed by atoms with van der Waals surface area (Å²) in [6.45, 7) is 2.88. The van der Waals surface area contributed by atoms with Crippen LogP contribution in [-0.2, 0) is 17.8 Å². The SMILES string of the molecule is CN=C(NCCc1ccc(NC(C)=O)cc1)N(C)Cc1ncc(-c2ccccc2)[nH]1. The van der Waals surface area contributed by atoms with E-state index in [4.69, 9.17) is 0 Å². The molecule has 7 nitrogen and oxygen atoms in total. The van der Waals surface area contributed by atoms with Gasteiger partial charge in [0, 0.05) is 33.3 Å². The molecule has 0 aliphatic heterocycles. The van der Waals surface area contributed by atoms with Crippen LogP contribution in [0.1, 0.15) is 18.3 Å². The number of guanidine groups is 1. The molecule has 0 spiro atoms. The number of aliphatic imine (C=N–C) groups is 1. The van der Waals surface area contributed by atoms with Gasteiger partial charge in [-0.25, -0.2) is 4.98 Å². The number of carbonyl (C=O) groups excluding carboxylic acids is 1. The minimum atomic E-state index is -0.0660. The van der Waals surface area contributed by atoms with Crippen molar-refractivity contribution in [1.82, 2.24) is 20.2 Å². The van der Waals surface area contributed by atoms with Crippen LogP contribution in [0.15, 0.2) is 65.8 Å². The maximum Gasteiger partial charge on any atom is 0.221 e. The second-order valence-electron chi connectivity index (χ2n) is 7.07. The van der Waals surface area contributed by atoms with E-state index in [0.717, 1.165) is 41.7 Å². The van der Waals surface area contributed by atoms with E-state index in [9.17, 15) is 4.79 Å². The summed E-state index contributed by atoms with van der Waals surface area (Å²) < 4.78 is 0. The van der Waals surface area contributed by atoms with Crippen molar-refractivity contribution in [3.8, 4) is 11.3 Å². The predicted octanol–water partition coefficient (Wildman–Crippen LogP) is 3.29. The summed E-state index contributed by atoms with van der Waals surface area (Å²) in [5, 5.41) is 6.16. The number of imidazole rings is 1. The molecule has 0 fully saturated rings. The topological polar surface area (TPSA) is 85.4 Å². The summed E-state index contributed by atoms with van der Waals surface area (Å²) in [6.07, 6.45) is 2.71. The fraction of sp³-hybridized carbons (Fsp3) is 0.261. The van der Waals surface area contributed by atoms with E-state index >= 15 is 0 Å². The van der Waals surface area contributed by atoms with Crippen molar-refractivity contribution < 1.29 is 4.79 Å². The van der Waals surface area contributed by atoms with E-state index in [2.05, 4.69) is 37.7 Å². The van der Waals surface area contributed by atoms with Crippen molar-refractivity contribution in [2.45, 2.75) is 19.9 Å². The molecule has 3 N–H and O–H groups in total. The van der Waals surface area contributed by atoms with E-state index in [1.807, 2.05) is 60.6 Å². The zero-order valence-electron chi connectivity index (χ0n) is 17.6. The summed E-state index contributed by atoms with van der Waals surface area (Å²) in [4.78, 5) is 25.4. The van der Waals surface area contributed by atoms with Gasteiger partial charge < -0.3 is 20.5 Å². The molecule has 1 heterocycles. The average molecular weight is 405 g/mol. The molecule has 3 rings (SSSR count). The highest BCUT2D eigenvalue weighted by Crippen LogP contribution is 2.16. The Kier molecular flexibility index (Phi) is 7.21. The third kappa shape index (κ3) is 5.94. The Labute approximate surface area is 177 Å². The smallest absolute Gasteiger partial charge is 0.221 e. The van der Waals surface area contributed by atoms with Gasteiger partial charge in [-0.15, -0.1) is 0 Å². The zero-order valence-corrected chi connectivity index (χ0v) is 17.6. The van der Waals surface area contributed by atoms with Gasteiger partial charge in [0.2, 0.25) is 5.91 Å². The fourth-order valence-corrected chi connectivity index (χ4v) is 3.17. The first-order valence-corrected chi connectivity index (χ1v) is 9.93. The van der Waals surface area contributed by atoms with E-state index in [0.29, 0.717) is 6.54 Å². The molecular formula is C23H28N6O. The third-order valence-electron chi connectivity index (χ3n) is 4.64. The molecule has 1 aromatic heterocycles. The maximum absolute atomic E-state index is 11.1. The van der Waals surface area contributed by atoms with Gasteiger partial charge in [0.1, 0.15) is 5.82 Å². The second-order valence-corrected chi connectivity index (χ2v) is 7.07.